The van der Waals surface area contributed by atoms with E-state index in [4.69, 9.17) is 4.74 Å². The van der Waals surface area contributed by atoms with Gasteiger partial charge in [0.05, 0.1) is 12.1 Å². The molecule has 8 heteroatoms. The molecule has 1 aliphatic rings. The smallest absolute Gasteiger partial charge is 0.223 e. The summed E-state index contributed by atoms with van der Waals surface area (Å²) < 4.78 is 20.5. The number of ether oxygens (including phenoxy) is 1. The minimum absolute atomic E-state index is 0.0331. The third kappa shape index (κ3) is 5.29. The topological polar surface area (TPSA) is 69.0 Å². The van der Waals surface area contributed by atoms with Crippen LogP contribution in [0, 0.1) is 11.7 Å². The Labute approximate surface area is 162 Å². The predicted molar refractivity (Wildman–Crippen MR) is 102 cm³/mol. The van der Waals surface area contributed by atoms with Gasteiger partial charge >= 0.3 is 0 Å². The molecule has 1 amide bonds. The van der Waals surface area contributed by atoms with Crippen LogP contribution in [-0.4, -0.2) is 32.9 Å². The van der Waals surface area contributed by atoms with Crippen molar-refractivity contribution in [1.29, 1.82) is 0 Å². The van der Waals surface area contributed by atoms with Crippen molar-refractivity contribution < 1.29 is 13.9 Å². The summed E-state index contributed by atoms with van der Waals surface area (Å²) in [6.45, 7) is 4.98. The Kier molecular flexibility index (Phi) is 6.16. The van der Waals surface area contributed by atoms with E-state index < -0.39 is 0 Å². The molecule has 1 aliphatic heterocycles. The summed E-state index contributed by atoms with van der Waals surface area (Å²) in [4.78, 5) is 12.5. The van der Waals surface area contributed by atoms with Crippen LogP contribution in [0.5, 0.6) is 0 Å². The molecule has 1 unspecified atom stereocenters. The SMILES string of the molecule is Cn1c(CNC(=O)C2CCOC(C)(C)C2)nnc1SCc1ccc(F)cc1. The Morgan fingerprint density at radius 1 is 1.37 bits per heavy atom. The van der Waals surface area contributed by atoms with Crippen molar-refractivity contribution in [3.05, 3.63) is 41.5 Å². The standard InChI is InChI=1S/C19H25FN4O2S/c1-19(2)10-14(8-9-26-19)17(25)21-11-16-22-23-18(24(16)3)27-12-13-4-6-15(20)7-5-13/h4-7,14H,8-12H2,1-3H3,(H,21,25). The van der Waals surface area contributed by atoms with Crippen LogP contribution in [0.1, 0.15) is 38.1 Å². The van der Waals surface area contributed by atoms with Crippen molar-refractivity contribution in [2.45, 2.75) is 49.7 Å². The molecule has 0 aliphatic carbocycles. The zero-order valence-electron chi connectivity index (χ0n) is 15.9. The van der Waals surface area contributed by atoms with Crippen LogP contribution in [0.3, 0.4) is 0 Å². The molecule has 6 nitrogen and oxygen atoms in total. The van der Waals surface area contributed by atoms with E-state index in [0.29, 0.717) is 24.7 Å². The predicted octanol–water partition coefficient (Wildman–Crippen LogP) is 3.07. The van der Waals surface area contributed by atoms with Crippen molar-refractivity contribution in [3.8, 4) is 0 Å². The number of amides is 1. The van der Waals surface area contributed by atoms with Gasteiger partial charge in [-0.05, 0) is 44.4 Å². The molecule has 1 atom stereocenters. The van der Waals surface area contributed by atoms with Crippen LogP contribution in [-0.2, 0) is 28.9 Å². The number of nitrogens with one attached hydrogen (secondary N) is 1. The number of thioether (sulfide) groups is 1. The molecule has 2 heterocycles. The van der Waals surface area contributed by atoms with Crippen LogP contribution in [0.25, 0.3) is 0 Å². The van der Waals surface area contributed by atoms with E-state index in [1.165, 1.54) is 23.9 Å². The molecular weight excluding hydrogens is 367 g/mol. The summed E-state index contributed by atoms with van der Waals surface area (Å²) in [5, 5.41) is 12.1. The van der Waals surface area contributed by atoms with E-state index in [1.54, 1.807) is 12.1 Å². The summed E-state index contributed by atoms with van der Waals surface area (Å²) in [7, 11) is 1.88. The van der Waals surface area contributed by atoms with Gasteiger partial charge in [0, 0.05) is 25.3 Å². The summed E-state index contributed by atoms with van der Waals surface area (Å²) in [6, 6.07) is 6.42. The van der Waals surface area contributed by atoms with Crippen molar-refractivity contribution in [2.75, 3.05) is 6.61 Å². The maximum Gasteiger partial charge on any atom is 0.223 e. The van der Waals surface area contributed by atoms with Gasteiger partial charge in [-0.1, -0.05) is 23.9 Å². The van der Waals surface area contributed by atoms with Gasteiger partial charge in [-0.2, -0.15) is 0 Å². The quantitative estimate of drug-likeness (QED) is 0.765. The fourth-order valence-corrected chi connectivity index (χ4v) is 4.01. The van der Waals surface area contributed by atoms with E-state index in [-0.39, 0.29) is 23.2 Å². The number of carbonyl (C=O) groups excluding carboxylic acids is 1. The Morgan fingerprint density at radius 3 is 2.81 bits per heavy atom. The highest BCUT2D eigenvalue weighted by atomic mass is 32.2. The highest BCUT2D eigenvalue weighted by molar-refractivity contribution is 7.98. The summed E-state index contributed by atoms with van der Waals surface area (Å²) >= 11 is 1.53. The molecular formula is C19H25FN4O2S. The second-order valence-electron chi connectivity index (χ2n) is 7.39. The second kappa shape index (κ2) is 8.39. The van der Waals surface area contributed by atoms with Gasteiger partial charge in [0.1, 0.15) is 5.82 Å². The van der Waals surface area contributed by atoms with Crippen molar-refractivity contribution in [3.63, 3.8) is 0 Å². The number of hydrogen-bond donors (Lipinski definition) is 1. The Hall–Kier alpha value is -1.93. The molecule has 1 saturated heterocycles. The molecule has 0 radical (unpaired) electrons. The number of benzene rings is 1. The Bertz CT molecular complexity index is 792. The van der Waals surface area contributed by atoms with E-state index >= 15 is 0 Å². The van der Waals surface area contributed by atoms with Gasteiger partial charge < -0.3 is 14.6 Å². The Balaban J connectivity index is 1.52. The van der Waals surface area contributed by atoms with Crippen LogP contribution >= 0.6 is 11.8 Å². The summed E-state index contributed by atoms with van der Waals surface area (Å²) in [5.74, 6) is 1.14. The average molecular weight is 393 g/mol. The zero-order chi connectivity index (χ0) is 19.4. The number of carbonyl (C=O) groups is 1. The van der Waals surface area contributed by atoms with E-state index in [0.717, 1.165) is 23.6 Å². The lowest BCUT2D eigenvalue weighted by atomic mass is 9.88. The highest BCUT2D eigenvalue weighted by Crippen LogP contribution is 2.28. The lowest BCUT2D eigenvalue weighted by Crippen LogP contribution is -2.41. The molecule has 1 aromatic heterocycles. The number of hydrogen-bond acceptors (Lipinski definition) is 5. The van der Waals surface area contributed by atoms with Crippen LogP contribution in [0.4, 0.5) is 4.39 Å². The fourth-order valence-electron chi connectivity index (χ4n) is 3.12. The number of nitrogens with zero attached hydrogens (tertiary/aromatic N) is 3. The molecule has 2 aromatic rings. The summed E-state index contributed by atoms with van der Waals surface area (Å²) in [6.07, 6.45) is 1.46. The van der Waals surface area contributed by atoms with Gasteiger partial charge in [0.15, 0.2) is 11.0 Å². The van der Waals surface area contributed by atoms with Gasteiger partial charge in [0.2, 0.25) is 5.91 Å². The van der Waals surface area contributed by atoms with Gasteiger partial charge in [-0.15, -0.1) is 10.2 Å². The molecule has 27 heavy (non-hydrogen) atoms. The first-order valence-corrected chi connectivity index (χ1v) is 10.00. The molecule has 0 bridgehead atoms. The molecule has 146 valence electrons. The van der Waals surface area contributed by atoms with E-state index in [1.807, 2.05) is 25.5 Å². The zero-order valence-corrected chi connectivity index (χ0v) is 16.7. The molecule has 1 fully saturated rings. The van der Waals surface area contributed by atoms with Crippen LogP contribution in [0.2, 0.25) is 0 Å². The van der Waals surface area contributed by atoms with E-state index in [2.05, 4.69) is 15.5 Å². The molecule has 3 rings (SSSR count). The largest absolute Gasteiger partial charge is 0.376 e. The van der Waals surface area contributed by atoms with Crippen molar-refractivity contribution >= 4 is 17.7 Å². The third-order valence-corrected chi connectivity index (χ3v) is 5.79. The van der Waals surface area contributed by atoms with Crippen molar-refractivity contribution in [1.82, 2.24) is 20.1 Å². The lowest BCUT2D eigenvalue weighted by molar-refractivity contribution is -0.135. The monoisotopic (exact) mass is 392 g/mol. The van der Waals surface area contributed by atoms with Gasteiger partial charge in [-0.3, -0.25) is 4.79 Å². The van der Waals surface area contributed by atoms with Gasteiger partial charge in [0.25, 0.3) is 0 Å². The summed E-state index contributed by atoms with van der Waals surface area (Å²) in [5.41, 5.74) is 0.760. The second-order valence-corrected chi connectivity index (χ2v) is 8.33. The highest BCUT2D eigenvalue weighted by Gasteiger charge is 2.32. The molecule has 1 aromatic carbocycles. The first-order valence-electron chi connectivity index (χ1n) is 9.01. The Morgan fingerprint density at radius 2 is 2.11 bits per heavy atom. The minimum Gasteiger partial charge on any atom is -0.376 e. The fraction of sp³-hybridized carbons (Fsp3) is 0.526. The maximum atomic E-state index is 13.0. The minimum atomic E-state index is -0.255. The number of halogens is 1. The first-order chi connectivity index (χ1) is 12.8. The molecule has 0 spiro atoms. The maximum absolute atomic E-state index is 13.0. The van der Waals surface area contributed by atoms with Crippen LogP contribution < -0.4 is 5.32 Å². The molecule has 1 N–H and O–H groups in total. The third-order valence-electron chi connectivity index (χ3n) is 4.69. The number of aromatic nitrogens is 3. The van der Waals surface area contributed by atoms with Crippen molar-refractivity contribution in [2.24, 2.45) is 13.0 Å². The molecule has 0 saturated carbocycles. The number of rotatable bonds is 6. The average Bonchev–Trinajstić information content (AvgIpc) is 2.98. The van der Waals surface area contributed by atoms with Crippen LogP contribution in [0.15, 0.2) is 29.4 Å². The van der Waals surface area contributed by atoms with E-state index in [9.17, 15) is 9.18 Å². The van der Waals surface area contributed by atoms with Gasteiger partial charge in [-0.25, -0.2) is 4.39 Å². The lowest BCUT2D eigenvalue weighted by Gasteiger charge is -2.34. The normalized spacial score (nSPS) is 19.0. The first kappa shape index (κ1) is 19.8.